The number of Topliss-reactive ketones (excluding diaryl/α,β-unsaturated/α-hetero) is 1. The fourth-order valence-electron chi connectivity index (χ4n) is 4.57. The standard InChI is InChI=1S/C22H19FN2O3/c23-14-7-5-6-13(12-14)19-18-20(26)15-8-1-2-9-16(15)28-21(18)22(27)25(19)17-10-3-4-11-24-17/h3-7,10-12,15-16,19H,1-2,8-9H2. The number of nitrogens with zero attached hydrogens (tertiary/aromatic N) is 2. The van der Waals surface area contributed by atoms with Gasteiger partial charge in [-0.1, -0.05) is 24.6 Å². The van der Waals surface area contributed by atoms with Crippen molar-refractivity contribution in [2.75, 3.05) is 4.90 Å². The third-order valence-corrected chi connectivity index (χ3v) is 5.82. The van der Waals surface area contributed by atoms with Crippen LogP contribution in [0.1, 0.15) is 37.3 Å². The number of anilines is 1. The van der Waals surface area contributed by atoms with Gasteiger partial charge in [0, 0.05) is 6.20 Å². The minimum absolute atomic E-state index is 0.0491. The Balaban J connectivity index is 1.67. The number of hydrogen-bond donors (Lipinski definition) is 0. The second kappa shape index (κ2) is 6.55. The summed E-state index contributed by atoms with van der Waals surface area (Å²) >= 11 is 0. The first-order valence-corrected chi connectivity index (χ1v) is 9.60. The molecule has 1 amide bonds. The fraction of sp³-hybridized carbons (Fsp3) is 0.318. The summed E-state index contributed by atoms with van der Waals surface area (Å²) in [5, 5.41) is 0. The van der Waals surface area contributed by atoms with Crippen molar-refractivity contribution >= 4 is 17.5 Å². The van der Waals surface area contributed by atoms with Gasteiger partial charge in [0.05, 0.1) is 17.5 Å². The summed E-state index contributed by atoms with van der Waals surface area (Å²) in [5.41, 5.74) is 0.875. The number of amides is 1. The number of carbonyl (C=O) groups excluding carboxylic acids is 2. The van der Waals surface area contributed by atoms with E-state index in [1.165, 1.54) is 17.0 Å². The fourth-order valence-corrected chi connectivity index (χ4v) is 4.57. The highest BCUT2D eigenvalue weighted by molar-refractivity contribution is 6.17. The van der Waals surface area contributed by atoms with Crippen LogP contribution in [0.3, 0.4) is 0 Å². The zero-order valence-electron chi connectivity index (χ0n) is 15.2. The number of benzene rings is 1. The Morgan fingerprint density at radius 1 is 1.07 bits per heavy atom. The highest BCUT2D eigenvalue weighted by Crippen LogP contribution is 2.47. The van der Waals surface area contributed by atoms with Gasteiger partial charge in [-0.2, -0.15) is 0 Å². The molecule has 1 saturated carbocycles. The van der Waals surface area contributed by atoms with Gasteiger partial charge in [0.15, 0.2) is 11.5 Å². The Bertz CT molecular complexity index is 988. The molecule has 0 bridgehead atoms. The van der Waals surface area contributed by atoms with Crippen LogP contribution in [0.25, 0.3) is 0 Å². The highest BCUT2D eigenvalue weighted by atomic mass is 19.1. The SMILES string of the molecule is O=C1C2=C(OC3CCCCC13)C(=O)N(c1ccccn1)C2c1cccc(F)c1. The lowest BCUT2D eigenvalue weighted by Crippen LogP contribution is -2.39. The Kier molecular flexibility index (Phi) is 4.00. The van der Waals surface area contributed by atoms with Crippen molar-refractivity contribution in [2.24, 2.45) is 5.92 Å². The second-order valence-electron chi connectivity index (χ2n) is 7.47. The van der Waals surface area contributed by atoms with Crippen molar-refractivity contribution < 1.29 is 18.7 Å². The molecule has 6 heteroatoms. The monoisotopic (exact) mass is 378 g/mol. The van der Waals surface area contributed by atoms with Crippen molar-refractivity contribution in [1.29, 1.82) is 0 Å². The average molecular weight is 378 g/mol. The van der Waals surface area contributed by atoms with Crippen molar-refractivity contribution in [1.82, 2.24) is 4.98 Å². The third kappa shape index (κ3) is 2.55. The average Bonchev–Trinajstić information content (AvgIpc) is 3.02. The maximum Gasteiger partial charge on any atom is 0.295 e. The molecule has 0 spiro atoms. The molecule has 1 fully saturated rings. The maximum absolute atomic E-state index is 14.0. The van der Waals surface area contributed by atoms with Gasteiger partial charge in [-0.25, -0.2) is 9.37 Å². The van der Waals surface area contributed by atoms with E-state index in [-0.39, 0.29) is 29.5 Å². The Morgan fingerprint density at radius 3 is 2.71 bits per heavy atom. The molecule has 28 heavy (non-hydrogen) atoms. The van der Waals surface area contributed by atoms with Crippen LogP contribution in [-0.2, 0) is 14.3 Å². The van der Waals surface area contributed by atoms with E-state index in [0.29, 0.717) is 17.0 Å². The van der Waals surface area contributed by atoms with Crippen molar-refractivity contribution in [3.63, 3.8) is 0 Å². The normalized spacial score (nSPS) is 26.8. The molecule has 3 aliphatic rings. The molecule has 2 aliphatic heterocycles. The summed E-state index contributed by atoms with van der Waals surface area (Å²) in [7, 11) is 0. The second-order valence-corrected chi connectivity index (χ2v) is 7.47. The quantitative estimate of drug-likeness (QED) is 0.799. The van der Waals surface area contributed by atoms with Crippen LogP contribution in [0.15, 0.2) is 60.0 Å². The number of pyridine rings is 1. The predicted molar refractivity (Wildman–Crippen MR) is 99.7 cm³/mol. The number of aromatic nitrogens is 1. The number of hydrogen-bond acceptors (Lipinski definition) is 4. The Hall–Kier alpha value is -3.02. The predicted octanol–water partition coefficient (Wildman–Crippen LogP) is 3.72. The Labute approximate surface area is 161 Å². The molecular weight excluding hydrogens is 359 g/mol. The van der Waals surface area contributed by atoms with Gasteiger partial charge in [0.1, 0.15) is 17.7 Å². The lowest BCUT2D eigenvalue weighted by Gasteiger charge is -2.35. The molecule has 1 aromatic carbocycles. The number of ketones is 1. The molecule has 0 N–H and O–H groups in total. The third-order valence-electron chi connectivity index (χ3n) is 5.82. The summed E-state index contributed by atoms with van der Waals surface area (Å²) in [6, 6.07) is 10.5. The first kappa shape index (κ1) is 17.1. The van der Waals surface area contributed by atoms with E-state index in [2.05, 4.69) is 4.98 Å². The van der Waals surface area contributed by atoms with Crippen molar-refractivity contribution in [3.05, 3.63) is 71.4 Å². The molecular formula is C22H19FN2O3. The molecule has 3 unspecified atom stereocenters. The molecule has 1 aromatic heterocycles. The van der Waals surface area contributed by atoms with E-state index in [0.717, 1.165) is 25.7 Å². The topological polar surface area (TPSA) is 59.5 Å². The van der Waals surface area contributed by atoms with Crippen LogP contribution in [-0.4, -0.2) is 22.8 Å². The largest absolute Gasteiger partial charge is 0.483 e. The molecule has 5 rings (SSSR count). The molecule has 0 radical (unpaired) electrons. The van der Waals surface area contributed by atoms with Crippen molar-refractivity contribution in [3.8, 4) is 0 Å². The first-order valence-electron chi connectivity index (χ1n) is 9.60. The lowest BCUT2D eigenvalue weighted by atomic mass is 9.77. The van der Waals surface area contributed by atoms with E-state index in [1.54, 1.807) is 36.5 Å². The van der Waals surface area contributed by atoms with Crippen LogP contribution in [0, 0.1) is 11.7 Å². The molecule has 5 nitrogen and oxygen atoms in total. The zero-order valence-corrected chi connectivity index (χ0v) is 15.2. The summed E-state index contributed by atoms with van der Waals surface area (Å²) in [6.45, 7) is 0. The van der Waals surface area contributed by atoms with Gasteiger partial charge in [0.2, 0.25) is 0 Å². The zero-order chi connectivity index (χ0) is 19.3. The number of ether oxygens (including phenoxy) is 1. The number of rotatable bonds is 2. The summed E-state index contributed by atoms with van der Waals surface area (Å²) in [4.78, 5) is 32.4. The van der Waals surface area contributed by atoms with E-state index in [4.69, 9.17) is 4.74 Å². The van der Waals surface area contributed by atoms with Crippen molar-refractivity contribution in [2.45, 2.75) is 37.8 Å². The summed E-state index contributed by atoms with van der Waals surface area (Å²) in [5.74, 6) is -0.573. The summed E-state index contributed by atoms with van der Waals surface area (Å²) < 4.78 is 20.1. The van der Waals surface area contributed by atoms with E-state index < -0.39 is 11.9 Å². The molecule has 2 aromatic rings. The van der Waals surface area contributed by atoms with Gasteiger partial charge in [-0.3, -0.25) is 14.5 Å². The summed E-state index contributed by atoms with van der Waals surface area (Å²) in [6.07, 6.45) is 4.83. The van der Waals surface area contributed by atoms with E-state index in [9.17, 15) is 14.0 Å². The minimum Gasteiger partial charge on any atom is -0.483 e. The van der Waals surface area contributed by atoms with Crippen LogP contribution in [0.2, 0.25) is 0 Å². The van der Waals surface area contributed by atoms with Crippen LogP contribution in [0.4, 0.5) is 10.2 Å². The maximum atomic E-state index is 14.0. The van der Waals surface area contributed by atoms with Gasteiger partial charge in [-0.05, 0) is 49.1 Å². The van der Waals surface area contributed by atoms with Gasteiger partial charge in [0.25, 0.3) is 5.91 Å². The van der Waals surface area contributed by atoms with Crippen LogP contribution >= 0.6 is 0 Å². The van der Waals surface area contributed by atoms with Gasteiger partial charge >= 0.3 is 0 Å². The molecule has 142 valence electrons. The van der Waals surface area contributed by atoms with Gasteiger partial charge < -0.3 is 4.74 Å². The lowest BCUT2D eigenvalue weighted by molar-refractivity contribution is -0.131. The number of carbonyl (C=O) groups is 2. The Morgan fingerprint density at radius 2 is 1.93 bits per heavy atom. The smallest absolute Gasteiger partial charge is 0.295 e. The van der Waals surface area contributed by atoms with E-state index in [1.807, 2.05) is 0 Å². The van der Waals surface area contributed by atoms with Gasteiger partial charge in [-0.15, -0.1) is 0 Å². The molecule has 3 heterocycles. The van der Waals surface area contributed by atoms with Crippen LogP contribution in [0.5, 0.6) is 0 Å². The van der Waals surface area contributed by atoms with Crippen LogP contribution < -0.4 is 4.90 Å². The molecule has 0 saturated heterocycles. The van der Waals surface area contributed by atoms with E-state index >= 15 is 0 Å². The molecule has 3 atom stereocenters. The first-order chi connectivity index (χ1) is 13.6. The number of fused-ring (bicyclic) bond motifs is 1. The molecule has 1 aliphatic carbocycles. The minimum atomic E-state index is -0.733. The highest BCUT2D eigenvalue weighted by Gasteiger charge is 2.52. The number of halogens is 1.